The summed E-state index contributed by atoms with van der Waals surface area (Å²) in [5.74, 6) is -1.58. The largest absolute Gasteiger partial charge is 0.478 e. The predicted molar refractivity (Wildman–Crippen MR) is 65.1 cm³/mol. The Morgan fingerprint density at radius 2 is 2.17 bits per heavy atom. The maximum atomic E-state index is 11.8. The summed E-state index contributed by atoms with van der Waals surface area (Å²) in [5, 5.41) is 18.2. The number of nitrogens with one attached hydrogen (secondary N) is 2. The van der Waals surface area contributed by atoms with Crippen molar-refractivity contribution in [3.05, 3.63) is 28.7 Å². The molecule has 0 aliphatic heterocycles. The van der Waals surface area contributed by atoms with Gasteiger partial charge in [0.25, 0.3) is 5.91 Å². The van der Waals surface area contributed by atoms with E-state index in [0.29, 0.717) is 5.69 Å². The van der Waals surface area contributed by atoms with Crippen LogP contribution in [0.5, 0.6) is 0 Å². The SMILES string of the molecule is Cc1cc(C(=O)Nc2snc(C)c2C(=O)O)n[nH]1. The normalized spacial score (nSPS) is 10.3. The molecule has 94 valence electrons. The molecule has 2 aromatic rings. The smallest absolute Gasteiger partial charge is 0.340 e. The first-order valence-corrected chi connectivity index (χ1v) is 5.79. The number of H-pyrrole nitrogens is 1. The topological polar surface area (TPSA) is 108 Å². The van der Waals surface area contributed by atoms with Gasteiger partial charge < -0.3 is 10.4 Å². The number of carbonyl (C=O) groups excluding carboxylic acids is 1. The number of aromatic nitrogens is 3. The van der Waals surface area contributed by atoms with Crippen molar-refractivity contribution in [2.24, 2.45) is 0 Å². The van der Waals surface area contributed by atoms with Gasteiger partial charge in [-0.2, -0.15) is 9.47 Å². The number of rotatable bonds is 3. The number of anilines is 1. The highest BCUT2D eigenvalue weighted by molar-refractivity contribution is 7.11. The van der Waals surface area contributed by atoms with Gasteiger partial charge >= 0.3 is 5.97 Å². The van der Waals surface area contributed by atoms with Crippen molar-refractivity contribution in [1.29, 1.82) is 0 Å². The molecule has 0 unspecified atom stereocenters. The van der Waals surface area contributed by atoms with Crippen LogP contribution in [0.2, 0.25) is 0 Å². The summed E-state index contributed by atoms with van der Waals surface area (Å²) in [6.45, 7) is 3.34. The first kappa shape index (κ1) is 12.2. The van der Waals surface area contributed by atoms with Crippen molar-refractivity contribution in [3.8, 4) is 0 Å². The zero-order valence-corrected chi connectivity index (χ0v) is 10.5. The number of carboxylic acid groups (broad SMARTS) is 1. The second-order valence-corrected chi connectivity index (χ2v) is 4.44. The highest BCUT2D eigenvalue weighted by atomic mass is 32.1. The molecular formula is C10H10N4O3S. The van der Waals surface area contributed by atoms with Gasteiger partial charge in [-0.15, -0.1) is 0 Å². The molecule has 0 bridgehead atoms. The highest BCUT2D eigenvalue weighted by Crippen LogP contribution is 2.24. The molecule has 0 fully saturated rings. The number of hydrogen-bond acceptors (Lipinski definition) is 5. The average Bonchev–Trinajstić information content (AvgIpc) is 2.85. The molecule has 0 saturated heterocycles. The fraction of sp³-hybridized carbons (Fsp3) is 0.200. The van der Waals surface area contributed by atoms with Gasteiger partial charge in [0.05, 0.1) is 5.69 Å². The quantitative estimate of drug-likeness (QED) is 0.778. The summed E-state index contributed by atoms with van der Waals surface area (Å²) >= 11 is 0.934. The van der Waals surface area contributed by atoms with Crippen molar-refractivity contribution < 1.29 is 14.7 Å². The van der Waals surface area contributed by atoms with Crippen molar-refractivity contribution >= 4 is 28.4 Å². The molecule has 1 amide bonds. The second-order valence-electron chi connectivity index (χ2n) is 3.67. The Hall–Kier alpha value is -2.22. The molecule has 2 aromatic heterocycles. The van der Waals surface area contributed by atoms with E-state index in [1.54, 1.807) is 19.9 Å². The predicted octanol–water partition coefficient (Wildman–Crippen LogP) is 1.43. The van der Waals surface area contributed by atoms with Gasteiger partial charge in [-0.05, 0) is 31.4 Å². The number of aromatic carboxylic acids is 1. The molecule has 8 heteroatoms. The fourth-order valence-corrected chi connectivity index (χ4v) is 2.19. The molecule has 18 heavy (non-hydrogen) atoms. The minimum Gasteiger partial charge on any atom is -0.478 e. The summed E-state index contributed by atoms with van der Waals surface area (Å²) in [7, 11) is 0. The van der Waals surface area contributed by atoms with Crippen LogP contribution in [0.15, 0.2) is 6.07 Å². The van der Waals surface area contributed by atoms with Crippen molar-refractivity contribution in [3.63, 3.8) is 0 Å². The molecule has 0 radical (unpaired) electrons. The van der Waals surface area contributed by atoms with Crippen LogP contribution in [-0.4, -0.2) is 31.6 Å². The van der Waals surface area contributed by atoms with E-state index in [-0.39, 0.29) is 16.3 Å². The Balaban J connectivity index is 2.25. The highest BCUT2D eigenvalue weighted by Gasteiger charge is 2.20. The number of carbonyl (C=O) groups is 2. The van der Waals surface area contributed by atoms with E-state index in [2.05, 4.69) is 19.9 Å². The van der Waals surface area contributed by atoms with E-state index in [0.717, 1.165) is 17.2 Å². The summed E-state index contributed by atoms with van der Waals surface area (Å²) in [4.78, 5) is 22.8. The lowest BCUT2D eigenvalue weighted by atomic mass is 10.2. The van der Waals surface area contributed by atoms with Crippen molar-refractivity contribution in [2.45, 2.75) is 13.8 Å². The Morgan fingerprint density at radius 3 is 2.72 bits per heavy atom. The summed E-state index contributed by atoms with van der Waals surface area (Å²) in [5.41, 5.74) is 1.34. The van der Waals surface area contributed by atoms with Crippen LogP contribution < -0.4 is 5.32 Å². The van der Waals surface area contributed by atoms with Crippen LogP contribution in [-0.2, 0) is 0 Å². The molecule has 0 atom stereocenters. The number of carboxylic acids is 1. The standard InChI is InChI=1S/C10H10N4O3S/c1-4-3-6(13-12-4)8(15)11-9-7(10(16)17)5(2)14-18-9/h3H,1-2H3,(H,11,15)(H,12,13)(H,16,17). The van der Waals surface area contributed by atoms with Crippen LogP contribution >= 0.6 is 11.5 Å². The summed E-state index contributed by atoms with van der Waals surface area (Å²) < 4.78 is 3.91. The molecular weight excluding hydrogens is 256 g/mol. The van der Waals surface area contributed by atoms with Gasteiger partial charge in [0.1, 0.15) is 10.6 Å². The zero-order chi connectivity index (χ0) is 13.3. The van der Waals surface area contributed by atoms with Gasteiger partial charge in [-0.1, -0.05) is 0 Å². The number of amides is 1. The first-order valence-electron chi connectivity index (χ1n) is 5.02. The summed E-state index contributed by atoms with van der Waals surface area (Å²) in [6, 6.07) is 1.57. The Kier molecular flexibility index (Phi) is 3.11. The Morgan fingerprint density at radius 1 is 1.44 bits per heavy atom. The van der Waals surface area contributed by atoms with Crippen molar-refractivity contribution in [1.82, 2.24) is 14.6 Å². The molecule has 0 spiro atoms. The first-order chi connectivity index (χ1) is 8.49. The fourth-order valence-electron chi connectivity index (χ4n) is 1.41. The monoisotopic (exact) mass is 266 g/mol. The summed E-state index contributed by atoms with van der Waals surface area (Å²) in [6.07, 6.45) is 0. The average molecular weight is 266 g/mol. The maximum absolute atomic E-state index is 11.8. The minimum absolute atomic E-state index is 0.0145. The maximum Gasteiger partial charge on any atom is 0.340 e. The lowest BCUT2D eigenvalue weighted by Crippen LogP contribution is -2.14. The molecule has 0 aliphatic rings. The van der Waals surface area contributed by atoms with E-state index in [4.69, 9.17) is 5.11 Å². The lowest BCUT2D eigenvalue weighted by molar-refractivity contribution is 0.0697. The van der Waals surface area contributed by atoms with Gasteiger partial charge in [0.15, 0.2) is 5.69 Å². The van der Waals surface area contributed by atoms with Crippen molar-refractivity contribution in [2.75, 3.05) is 5.32 Å². The molecule has 2 rings (SSSR count). The van der Waals surface area contributed by atoms with E-state index in [1.165, 1.54) is 0 Å². The van der Waals surface area contributed by atoms with Crippen LogP contribution in [0.4, 0.5) is 5.00 Å². The third kappa shape index (κ3) is 2.23. The molecule has 3 N–H and O–H groups in total. The Labute approximate surface area is 106 Å². The van der Waals surface area contributed by atoms with Gasteiger partial charge in [-0.25, -0.2) is 4.79 Å². The molecule has 2 heterocycles. The lowest BCUT2D eigenvalue weighted by Gasteiger charge is -2.00. The molecule has 0 aliphatic carbocycles. The van der Waals surface area contributed by atoms with E-state index in [1.807, 2.05) is 0 Å². The van der Waals surface area contributed by atoms with E-state index in [9.17, 15) is 9.59 Å². The zero-order valence-electron chi connectivity index (χ0n) is 9.64. The second kappa shape index (κ2) is 4.57. The van der Waals surface area contributed by atoms with Gasteiger partial charge in [0, 0.05) is 5.69 Å². The number of nitrogens with zero attached hydrogens (tertiary/aromatic N) is 2. The number of aryl methyl sites for hydroxylation is 2. The van der Waals surface area contributed by atoms with E-state index >= 15 is 0 Å². The molecule has 0 saturated carbocycles. The van der Waals surface area contributed by atoms with E-state index < -0.39 is 11.9 Å². The van der Waals surface area contributed by atoms with Crippen LogP contribution in [0.1, 0.15) is 32.2 Å². The number of hydrogen-bond donors (Lipinski definition) is 3. The molecule has 7 nitrogen and oxygen atoms in total. The van der Waals surface area contributed by atoms with Crippen LogP contribution in [0.3, 0.4) is 0 Å². The van der Waals surface area contributed by atoms with Gasteiger partial charge in [0.2, 0.25) is 0 Å². The number of aromatic amines is 1. The molecule has 0 aromatic carbocycles. The van der Waals surface area contributed by atoms with Gasteiger partial charge in [-0.3, -0.25) is 9.89 Å². The third-order valence-electron chi connectivity index (χ3n) is 2.24. The van der Waals surface area contributed by atoms with Crippen LogP contribution in [0, 0.1) is 13.8 Å². The van der Waals surface area contributed by atoms with Crippen LogP contribution in [0.25, 0.3) is 0 Å². The minimum atomic E-state index is -1.12. The Bertz CT molecular complexity index is 616. The third-order valence-corrected chi connectivity index (χ3v) is 3.10.